The lowest BCUT2D eigenvalue weighted by Crippen LogP contribution is -2.30. The van der Waals surface area contributed by atoms with E-state index in [0.717, 1.165) is 70.6 Å². The van der Waals surface area contributed by atoms with Crippen LogP contribution in [0.4, 0.5) is 0 Å². The first-order valence-corrected chi connectivity index (χ1v) is 35.6. The maximum absolute atomic E-state index is 13.0. The molecule has 0 fully saturated rings. The fourth-order valence-corrected chi connectivity index (χ4v) is 10.7. The molecule has 6 heteroatoms. The van der Waals surface area contributed by atoms with Crippen molar-refractivity contribution in [2.75, 3.05) is 13.2 Å². The van der Waals surface area contributed by atoms with Gasteiger partial charge in [0, 0.05) is 19.3 Å². The van der Waals surface area contributed by atoms with Crippen LogP contribution in [0.1, 0.15) is 387 Å². The van der Waals surface area contributed by atoms with Gasteiger partial charge < -0.3 is 14.2 Å². The van der Waals surface area contributed by atoms with Gasteiger partial charge in [-0.15, -0.1) is 0 Å². The summed E-state index contributed by atoms with van der Waals surface area (Å²) in [6.07, 6.45) is 87.0. The Bertz CT molecular complexity index is 1380. The lowest BCUT2D eigenvalue weighted by atomic mass is 10.0. The van der Waals surface area contributed by atoms with Crippen LogP contribution in [0.2, 0.25) is 0 Å². The summed E-state index contributed by atoms with van der Waals surface area (Å²) < 4.78 is 17.0. The van der Waals surface area contributed by atoms with Gasteiger partial charge in [-0.2, -0.15) is 0 Å². The average Bonchev–Trinajstić information content (AvgIpc) is 3.46. The summed E-state index contributed by atoms with van der Waals surface area (Å²) >= 11 is 0. The van der Waals surface area contributed by atoms with Gasteiger partial charge in [-0.3, -0.25) is 14.4 Å². The van der Waals surface area contributed by atoms with E-state index in [0.29, 0.717) is 19.3 Å². The first-order valence-electron chi connectivity index (χ1n) is 35.6. The van der Waals surface area contributed by atoms with Crippen LogP contribution >= 0.6 is 0 Å². The molecule has 0 saturated heterocycles. The molecule has 6 nitrogen and oxygen atoms in total. The summed E-state index contributed by atoms with van der Waals surface area (Å²) in [4.78, 5) is 38.5. The lowest BCUT2D eigenvalue weighted by molar-refractivity contribution is -0.167. The number of hydrogen-bond donors (Lipinski definition) is 0. The molecular formula is C74H136O6. The molecule has 80 heavy (non-hydrogen) atoms. The molecule has 468 valence electrons. The Kier molecular flexibility index (Phi) is 66.6. The Morgan fingerprint density at radius 2 is 0.450 bits per heavy atom. The van der Waals surface area contributed by atoms with Crippen molar-refractivity contribution in [1.29, 1.82) is 0 Å². The van der Waals surface area contributed by atoms with Gasteiger partial charge in [-0.25, -0.2) is 0 Å². The summed E-state index contributed by atoms with van der Waals surface area (Å²) in [7, 11) is 0. The van der Waals surface area contributed by atoms with E-state index in [1.807, 2.05) is 0 Å². The molecule has 0 aromatic carbocycles. The van der Waals surface area contributed by atoms with E-state index in [9.17, 15) is 14.4 Å². The fraction of sp³-hybridized carbons (Fsp3) is 0.851. The van der Waals surface area contributed by atoms with Crippen molar-refractivity contribution >= 4 is 17.9 Å². The zero-order valence-corrected chi connectivity index (χ0v) is 53.9. The second kappa shape index (κ2) is 68.9. The van der Waals surface area contributed by atoms with Crippen molar-refractivity contribution in [2.45, 2.75) is 393 Å². The molecule has 0 N–H and O–H groups in total. The lowest BCUT2D eigenvalue weighted by Gasteiger charge is -2.18. The minimum absolute atomic E-state index is 0.0708. The van der Waals surface area contributed by atoms with Crippen molar-refractivity contribution in [3.05, 3.63) is 48.6 Å². The highest BCUT2D eigenvalue weighted by molar-refractivity contribution is 5.71. The van der Waals surface area contributed by atoms with E-state index < -0.39 is 6.10 Å². The van der Waals surface area contributed by atoms with Crippen molar-refractivity contribution < 1.29 is 28.6 Å². The first-order chi connectivity index (χ1) is 39.5. The summed E-state index contributed by atoms with van der Waals surface area (Å²) in [5, 5.41) is 0. The minimum atomic E-state index is -0.776. The number of unbranched alkanes of at least 4 members (excludes halogenated alkanes) is 47. The highest BCUT2D eigenvalue weighted by Gasteiger charge is 2.19. The van der Waals surface area contributed by atoms with Crippen molar-refractivity contribution in [3.8, 4) is 0 Å². The maximum atomic E-state index is 13.0. The highest BCUT2D eigenvalue weighted by atomic mass is 16.6. The van der Waals surface area contributed by atoms with Gasteiger partial charge in [0.2, 0.25) is 0 Å². The number of esters is 3. The van der Waals surface area contributed by atoms with Crippen LogP contribution in [0.3, 0.4) is 0 Å². The van der Waals surface area contributed by atoms with E-state index >= 15 is 0 Å². The Hall–Kier alpha value is -2.63. The number of rotatable bonds is 66. The molecule has 0 bridgehead atoms. The smallest absolute Gasteiger partial charge is 0.306 e. The van der Waals surface area contributed by atoms with Crippen LogP contribution in [0.5, 0.6) is 0 Å². The molecule has 0 aliphatic carbocycles. The van der Waals surface area contributed by atoms with Crippen LogP contribution in [0.25, 0.3) is 0 Å². The fourth-order valence-electron chi connectivity index (χ4n) is 10.7. The third kappa shape index (κ3) is 66.2. The molecule has 0 aliphatic rings. The normalized spacial score (nSPS) is 12.3. The van der Waals surface area contributed by atoms with Gasteiger partial charge in [-0.05, 0) is 83.5 Å². The summed E-state index contributed by atoms with van der Waals surface area (Å²) in [5.74, 6) is -0.849. The van der Waals surface area contributed by atoms with Gasteiger partial charge in [0.15, 0.2) is 6.10 Å². The standard InChI is InChI=1S/C74H136O6/c1-4-7-10-13-16-19-22-25-28-31-34-36-37-39-40-43-46-49-52-55-58-61-64-67-73(76)79-70-71(69-78-72(75)66-63-60-57-54-51-48-45-42-33-30-27-24-21-18-15-12-9-6-3)80-74(77)68-65-62-59-56-53-50-47-44-41-38-35-32-29-26-23-20-17-14-11-8-5-2/h22-23,25-26,31-32,34-35,71H,4-21,24,27-30,33,36-70H2,1-3H3/b25-22-,26-23-,34-31-,35-32-. The zero-order valence-electron chi connectivity index (χ0n) is 53.9. The van der Waals surface area contributed by atoms with Crippen LogP contribution in [0, 0.1) is 0 Å². The minimum Gasteiger partial charge on any atom is -0.462 e. The quantitative estimate of drug-likeness (QED) is 0.0261. The Morgan fingerprint density at radius 3 is 0.688 bits per heavy atom. The molecule has 0 heterocycles. The Balaban J connectivity index is 4.33. The maximum Gasteiger partial charge on any atom is 0.306 e. The molecule has 0 rings (SSSR count). The van der Waals surface area contributed by atoms with Crippen LogP contribution in [0.15, 0.2) is 48.6 Å². The molecule has 1 atom stereocenters. The summed E-state index contributed by atoms with van der Waals surface area (Å²) in [5.41, 5.74) is 0. The largest absolute Gasteiger partial charge is 0.462 e. The van der Waals surface area contributed by atoms with E-state index in [1.54, 1.807) is 0 Å². The van der Waals surface area contributed by atoms with Crippen LogP contribution < -0.4 is 0 Å². The molecule has 1 unspecified atom stereocenters. The summed E-state index contributed by atoms with van der Waals surface area (Å²) in [6, 6.07) is 0. The number of allylic oxidation sites excluding steroid dienone is 8. The predicted octanol–water partition coefficient (Wildman–Crippen LogP) is 24.5. The van der Waals surface area contributed by atoms with Gasteiger partial charge in [0.05, 0.1) is 0 Å². The molecule has 0 saturated carbocycles. The topological polar surface area (TPSA) is 78.9 Å². The third-order valence-corrected chi connectivity index (χ3v) is 16.1. The van der Waals surface area contributed by atoms with Crippen LogP contribution in [-0.2, 0) is 28.6 Å². The van der Waals surface area contributed by atoms with E-state index in [4.69, 9.17) is 14.2 Å². The molecule has 0 aromatic rings. The average molecular weight is 1120 g/mol. The Morgan fingerprint density at radius 1 is 0.250 bits per heavy atom. The van der Waals surface area contributed by atoms with Gasteiger partial charge in [-0.1, -0.05) is 333 Å². The monoisotopic (exact) mass is 1120 g/mol. The second-order valence-corrected chi connectivity index (χ2v) is 24.1. The van der Waals surface area contributed by atoms with Gasteiger partial charge >= 0.3 is 17.9 Å². The van der Waals surface area contributed by atoms with Gasteiger partial charge in [0.1, 0.15) is 13.2 Å². The molecule has 0 amide bonds. The molecule has 0 radical (unpaired) electrons. The van der Waals surface area contributed by atoms with Crippen LogP contribution in [-0.4, -0.2) is 37.2 Å². The highest BCUT2D eigenvalue weighted by Crippen LogP contribution is 2.18. The summed E-state index contributed by atoms with van der Waals surface area (Å²) in [6.45, 7) is 6.69. The van der Waals surface area contributed by atoms with Crippen molar-refractivity contribution in [3.63, 3.8) is 0 Å². The Labute approximate surface area is 498 Å². The number of carbonyl (C=O) groups is 3. The van der Waals surface area contributed by atoms with Crippen molar-refractivity contribution in [1.82, 2.24) is 0 Å². The zero-order chi connectivity index (χ0) is 57.8. The number of ether oxygens (including phenoxy) is 3. The molecule has 0 aromatic heterocycles. The molecule has 0 spiro atoms. The SMILES string of the molecule is CCCCCCC/C=C\C/C=C\CCCCCCCCCCCCCC(=O)OCC(COC(=O)CCCCCCCCCCCCCCCCCCCC)OC(=O)CCCCCCCCCCC/C=C\C/C=C\CCCCCCC. The van der Waals surface area contributed by atoms with Gasteiger partial charge in [0.25, 0.3) is 0 Å². The van der Waals surface area contributed by atoms with E-state index in [1.165, 1.54) is 276 Å². The van der Waals surface area contributed by atoms with E-state index in [2.05, 4.69) is 69.4 Å². The van der Waals surface area contributed by atoms with E-state index in [-0.39, 0.29) is 31.1 Å². The predicted molar refractivity (Wildman–Crippen MR) is 349 cm³/mol. The second-order valence-electron chi connectivity index (χ2n) is 24.1. The molecular weight excluding hydrogens is 985 g/mol. The number of hydrogen-bond acceptors (Lipinski definition) is 6. The molecule has 0 aliphatic heterocycles. The third-order valence-electron chi connectivity index (χ3n) is 16.1. The van der Waals surface area contributed by atoms with Crippen molar-refractivity contribution in [2.24, 2.45) is 0 Å². The number of carbonyl (C=O) groups excluding carboxylic acids is 3. The first kappa shape index (κ1) is 77.4.